The highest BCUT2D eigenvalue weighted by molar-refractivity contribution is 6.00. The van der Waals surface area contributed by atoms with Gasteiger partial charge >= 0.3 is 0 Å². The van der Waals surface area contributed by atoms with Crippen LogP contribution < -0.4 is 9.47 Å². The van der Waals surface area contributed by atoms with Gasteiger partial charge in [0.1, 0.15) is 0 Å². The number of methoxy groups -OCH3 is 2. The molecule has 0 aromatic heterocycles. The zero-order valence-electron chi connectivity index (χ0n) is 16.7. The van der Waals surface area contributed by atoms with Crippen LogP contribution in [-0.4, -0.2) is 20.0 Å². The molecule has 2 aromatic carbocycles. The highest BCUT2D eigenvalue weighted by Crippen LogP contribution is 2.41. The zero-order valence-corrected chi connectivity index (χ0v) is 16.7. The van der Waals surface area contributed by atoms with Crippen molar-refractivity contribution in [1.82, 2.24) is 0 Å². The lowest BCUT2D eigenvalue weighted by atomic mass is 9.78. The predicted octanol–water partition coefficient (Wildman–Crippen LogP) is 5.74. The lowest BCUT2D eigenvalue weighted by Crippen LogP contribution is -2.20. The number of carbonyl (C=O) groups is 1. The molecule has 0 bridgehead atoms. The molecule has 0 saturated carbocycles. The van der Waals surface area contributed by atoms with Crippen molar-refractivity contribution < 1.29 is 14.3 Å². The first-order valence-corrected chi connectivity index (χ1v) is 10.0. The summed E-state index contributed by atoms with van der Waals surface area (Å²) in [6.07, 6.45) is 7.62. The zero-order chi connectivity index (χ0) is 19.2. The Morgan fingerprint density at radius 3 is 2.37 bits per heavy atom. The molecule has 3 rings (SSSR count). The lowest BCUT2D eigenvalue weighted by Gasteiger charge is -2.26. The van der Waals surface area contributed by atoms with E-state index in [9.17, 15) is 4.79 Å². The summed E-state index contributed by atoms with van der Waals surface area (Å²) >= 11 is 0. The van der Waals surface area contributed by atoms with Crippen LogP contribution in [0.4, 0.5) is 0 Å². The summed E-state index contributed by atoms with van der Waals surface area (Å²) in [6.45, 7) is 2.24. The van der Waals surface area contributed by atoms with Crippen molar-refractivity contribution in [1.29, 1.82) is 0 Å². The molecule has 1 atom stereocenters. The molecule has 1 aliphatic rings. The number of fused-ring (bicyclic) bond motifs is 1. The number of ether oxygens (including phenoxy) is 2. The highest BCUT2D eigenvalue weighted by atomic mass is 16.5. The molecule has 0 aliphatic heterocycles. The van der Waals surface area contributed by atoms with E-state index >= 15 is 0 Å². The van der Waals surface area contributed by atoms with Gasteiger partial charge in [0.05, 0.1) is 14.2 Å². The Labute approximate surface area is 162 Å². The molecule has 0 radical (unpaired) electrons. The smallest absolute Gasteiger partial charge is 0.164 e. The molecule has 0 fully saturated rings. The van der Waals surface area contributed by atoms with Crippen LogP contribution in [-0.2, 0) is 12.8 Å². The van der Waals surface area contributed by atoms with E-state index in [2.05, 4.69) is 31.2 Å². The van der Waals surface area contributed by atoms with Crippen LogP contribution in [0.25, 0.3) is 0 Å². The Hall–Kier alpha value is -2.29. The van der Waals surface area contributed by atoms with Crippen LogP contribution in [0.3, 0.4) is 0 Å². The summed E-state index contributed by atoms with van der Waals surface area (Å²) in [5.41, 5.74) is 4.37. The van der Waals surface area contributed by atoms with Gasteiger partial charge in [-0.05, 0) is 48.4 Å². The second-order valence-electron chi connectivity index (χ2n) is 7.41. The minimum Gasteiger partial charge on any atom is -0.493 e. The van der Waals surface area contributed by atoms with Crippen LogP contribution in [0.2, 0.25) is 0 Å². The monoisotopic (exact) mass is 366 g/mol. The van der Waals surface area contributed by atoms with Crippen LogP contribution in [0.1, 0.15) is 72.0 Å². The van der Waals surface area contributed by atoms with Crippen LogP contribution in [0, 0.1) is 0 Å². The van der Waals surface area contributed by atoms with Crippen molar-refractivity contribution in [2.24, 2.45) is 0 Å². The van der Waals surface area contributed by atoms with Crippen molar-refractivity contribution in [2.75, 3.05) is 14.2 Å². The number of hydrogen-bond donors (Lipinski definition) is 0. The number of rotatable bonds is 8. The minimum atomic E-state index is 0.186. The van der Waals surface area contributed by atoms with Crippen LogP contribution >= 0.6 is 0 Å². The van der Waals surface area contributed by atoms with E-state index in [1.165, 1.54) is 36.8 Å². The van der Waals surface area contributed by atoms with E-state index in [4.69, 9.17) is 9.47 Å². The molecule has 0 spiro atoms. The van der Waals surface area contributed by atoms with Gasteiger partial charge in [-0.1, -0.05) is 50.5 Å². The molecule has 27 heavy (non-hydrogen) atoms. The summed E-state index contributed by atoms with van der Waals surface area (Å²) < 4.78 is 11.0. The third kappa shape index (κ3) is 4.35. The van der Waals surface area contributed by atoms with Gasteiger partial charge in [-0.3, -0.25) is 4.79 Å². The maximum absolute atomic E-state index is 12.7. The fourth-order valence-corrected chi connectivity index (χ4v) is 4.06. The van der Waals surface area contributed by atoms with Crippen molar-refractivity contribution in [2.45, 2.75) is 57.8 Å². The molecule has 144 valence electrons. The van der Waals surface area contributed by atoms with E-state index in [0.29, 0.717) is 17.9 Å². The normalized spacial score (nSPS) is 16.1. The molecular weight excluding hydrogens is 336 g/mol. The van der Waals surface area contributed by atoms with Gasteiger partial charge < -0.3 is 9.47 Å². The van der Waals surface area contributed by atoms with Crippen molar-refractivity contribution >= 4 is 5.78 Å². The molecule has 0 saturated heterocycles. The van der Waals surface area contributed by atoms with Gasteiger partial charge in [-0.15, -0.1) is 0 Å². The number of carbonyl (C=O) groups excluding carboxylic acids is 1. The lowest BCUT2D eigenvalue weighted by molar-refractivity contribution is 0.0963. The third-order valence-electron chi connectivity index (χ3n) is 5.60. The topological polar surface area (TPSA) is 35.5 Å². The molecule has 3 heteroatoms. The van der Waals surface area contributed by atoms with Gasteiger partial charge in [0.25, 0.3) is 0 Å². The number of hydrogen-bond acceptors (Lipinski definition) is 3. The number of benzene rings is 2. The SMILES string of the molecule is CCCCCCc1ccc(C2CC(=O)c3ccc(OC)c(OC)c3C2)cc1. The number of Topliss-reactive ketones (excluding diaryl/α,β-unsaturated/α-hetero) is 1. The molecule has 2 aromatic rings. The Kier molecular flexibility index (Phi) is 6.54. The molecule has 0 N–H and O–H groups in total. The van der Waals surface area contributed by atoms with Crippen LogP contribution in [0.15, 0.2) is 36.4 Å². The summed E-state index contributed by atoms with van der Waals surface area (Å²) in [4.78, 5) is 12.7. The molecule has 3 nitrogen and oxygen atoms in total. The second-order valence-corrected chi connectivity index (χ2v) is 7.41. The number of unbranched alkanes of at least 4 members (excludes halogenated alkanes) is 3. The Morgan fingerprint density at radius 2 is 1.70 bits per heavy atom. The first kappa shape index (κ1) is 19.5. The first-order valence-electron chi connectivity index (χ1n) is 10.0. The maximum atomic E-state index is 12.7. The Balaban J connectivity index is 1.77. The van der Waals surface area contributed by atoms with Gasteiger partial charge in [0, 0.05) is 17.5 Å². The molecular formula is C24H30O3. The maximum Gasteiger partial charge on any atom is 0.164 e. The molecule has 0 heterocycles. The van der Waals surface area contributed by atoms with Crippen molar-refractivity contribution in [3.05, 3.63) is 58.7 Å². The number of ketones is 1. The molecule has 1 aliphatic carbocycles. The Bertz CT molecular complexity index is 777. The second kappa shape index (κ2) is 9.07. The minimum absolute atomic E-state index is 0.186. The molecule has 1 unspecified atom stereocenters. The highest BCUT2D eigenvalue weighted by Gasteiger charge is 2.30. The quantitative estimate of drug-likeness (QED) is 0.559. The van der Waals surface area contributed by atoms with E-state index in [0.717, 1.165) is 24.0 Å². The largest absolute Gasteiger partial charge is 0.493 e. The van der Waals surface area contributed by atoms with E-state index in [1.54, 1.807) is 14.2 Å². The summed E-state index contributed by atoms with van der Waals surface area (Å²) in [5.74, 6) is 1.76. The summed E-state index contributed by atoms with van der Waals surface area (Å²) in [7, 11) is 3.27. The van der Waals surface area contributed by atoms with Gasteiger partial charge in [0.2, 0.25) is 0 Å². The standard InChI is InChI=1S/C24H30O3/c1-4-5-6-7-8-17-9-11-18(12-10-17)19-15-21-20(22(25)16-19)13-14-23(26-2)24(21)27-3/h9-14,19H,4-8,15-16H2,1-3H3. The third-order valence-corrected chi connectivity index (χ3v) is 5.60. The van der Waals surface area contributed by atoms with Crippen LogP contribution in [0.5, 0.6) is 11.5 Å². The van der Waals surface area contributed by atoms with Gasteiger partial charge in [0.15, 0.2) is 17.3 Å². The van der Waals surface area contributed by atoms with E-state index in [1.807, 2.05) is 12.1 Å². The Morgan fingerprint density at radius 1 is 0.926 bits per heavy atom. The van der Waals surface area contributed by atoms with Crippen molar-refractivity contribution in [3.63, 3.8) is 0 Å². The fourth-order valence-electron chi connectivity index (χ4n) is 4.06. The average Bonchev–Trinajstić information content (AvgIpc) is 2.70. The summed E-state index contributed by atoms with van der Waals surface area (Å²) in [6, 6.07) is 12.5. The fraction of sp³-hybridized carbons (Fsp3) is 0.458. The molecule has 0 amide bonds. The van der Waals surface area contributed by atoms with E-state index < -0.39 is 0 Å². The predicted molar refractivity (Wildman–Crippen MR) is 109 cm³/mol. The first-order chi connectivity index (χ1) is 13.2. The van der Waals surface area contributed by atoms with Crippen molar-refractivity contribution in [3.8, 4) is 11.5 Å². The van der Waals surface area contributed by atoms with Gasteiger partial charge in [-0.2, -0.15) is 0 Å². The number of aryl methyl sites for hydroxylation is 1. The average molecular weight is 367 g/mol. The van der Waals surface area contributed by atoms with Gasteiger partial charge in [-0.25, -0.2) is 0 Å². The summed E-state index contributed by atoms with van der Waals surface area (Å²) in [5, 5.41) is 0. The van der Waals surface area contributed by atoms with E-state index in [-0.39, 0.29) is 11.7 Å².